The fourth-order valence-electron chi connectivity index (χ4n) is 4.83. The van der Waals surface area contributed by atoms with Crippen molar-refractivity contribution in [3.63, 3.8) is 0 Å². The van der Waals surface area contributed by atoms with E-state index in [4.69, 9.17) is 14.1 Å². The second kappa shape index (κ2) is 7.23. The maximum Gasteiger partial charge on any atom is 0.298 e. The highest BCUT2D eigenvalue weighted by Gasteiger charge is 2.28. The largest absolute Gasteiger partial charge is 0.423 e. The predicted molar refractivity (Wildman–Crippen MR) is 117 cm³/mol. The van der Waals surface area contributed by atoms with E-state index in [-0.39, 0.29) is 5.82 Å². The zero-order valence-corrected chi connectivity index (χ0v) is 17.4. The molecule has 1 unspecified atom stereocenters. The number of hydrogen-bond acceptors (Lipinski definition) is 6. The molecule has 4 aromatic rings. The first-order valence-electron chi connectivity index (χ1n) is 10.7. The molecule has 1 aromatic carbocycles. The molecule has 2 aliphatic rings. The minimum atomic E-state index is -0.289. The summed E-state index contributed by atoms with van der Waals surface area (Å²) in [6, 6.07) is 8.49. The van der Waals surface area contributed by atoms with Gasteiger partial charge in [0.1, 0.15) is 17.0 Å². The molecule has 0 aliphatic carbocycles. The molecule has 160 valence electrons. The topological polar surface area (TPSA) is 59.6 Å². The molecule has 5 heterocycles. The first kappa shape index (κ1) is 18.6. The van der Waals surface area contributed by atoms with E-state index in [0.29, 0.717) is 25.1 Å². The van der Waals surface area contributed by atoms with Gasteiger partial charge < -0.3 is 23.5 Å². The van der Waals surface area contributed by atoms with Gasteiger partial charge in [0.25, 0.3) is 6.01 Å². The lowest BCUT2D eigenvalue weighted by Gasteiger charge is -2.24. The van der Waals surface area contributed by atoms with Crippen molar-refractivity contribution in [3.05, 3.63) is 48.0 Å². The Morgan fingerprint density at radius 2 is 1.97 bits per heavy atom. The standard InChI is InChI=1S/C23H24FN5O2/c1-27-14-19(18-10-16(24)12-25-22(18)27)15-4-5-29(13-15)17-2-3-21-20(11-17)26-23(31-21)28-6-8-30-9-7-28/h2-3,10-12,14-15H,4-9,13H2,1H3. The van der Waals surface area contributed by atoms with E-state index in [1.54, 1.807) is 6.07 Å². The number of halogens is 1. The van der Waals surface area contributed by atoms with Crippen molar-refractivity contribution >= 4 is 33.8 Å². The lowest BCUT2D eigenvalue weighted by molar-refractivity contribution is 0.120. The van der Waals surface area contributed by atoms with Gasteiger partial charge in [-0.25, -0.2) is 9.37 Å². The summed E-state index contributed by atoms with van der Waals surface area (Å²) >= 11 is 0. The molecule has 0 amide bonds. The maximum atomic E-state index is 13.8. The summed E-state index contributed by atoms with van der Waals surface area (Å²) in [5, 5.41) is 0.913. The molecule has 0 saturated carbocycles. The number of aromatic nitrogens is 3. The monoisotopic (exact) mass is 421 g/mol. The molecule has 0 N–H and O–H groups in total. The Balaban J connectivity index is 1.26. The summed E-state index contributed by atoms with van der Waals surface area (Å²) in [5.74, 6) is 0.0478. The number of hydrogen-bond donors (Lipinski definition) is 0. The van der Waals surface area contributed by atoms with Crippen LogP contribution in [0.25, 0.3) is 22.1 Å². The van der Waals surface area contributed by atoms with Crippen LogP contribution in [0.5, 0.6) is 0 Å². The lowest BCUT2D eigenvalue weighted by Crippen LogP contribution is -2.36. The van der Waals surface area contributed by atoms with Crippen molar-refractivity contribution in [2.45, 2.75) is 12.3 Å². The van der Waals surface area contributed by atoms with Crippen molar-refractivity contribution in [2.75, 3.05) is 49.2 Å². The fourth-order valence-corrected chi connectivity index (χ4v) is 4.83. The fraction of sp³-hybridized carbons (Fsp3) is 0.391. The Kier molecular flexibility index (Phi) is 4.34. The summed E-state index contributed by atoms with van der Waals surface area (Å²) in [5.41, 5.74) is 4.82. The molecule has 0 radical (unpaired) electrons. The summed E-state index contributed by atoms with van der Waals surface area (Å²) in [6.45, 7) is 4.83. The molecule has 2 saturated heterocycles. The van der Waals surface area contributed by atoms with Crippen LogP contribution in [-0.4, -0.2) is 53.9 Å². The second-order valence-corrected chi connectivity index (χ2v) is 8.40. The first-order valence-corrected chi connectivity index (χ1v) is 10.7. The Morgan fingerprint density at radius 1 is 1.10 bits per heavy atom. The van der Waals surface area contributed by atoms with Gasteiger partial charge in [0.2, 0.25) is 0 Å². The van der Waals surface area contributed by atoms with Crippen LogP contribution < -0.4 is 9.80 Å². The van der Waals surface area contributed by atoms with E-state index in [0.717, 1.165) is 60.4 Å². The number of nitrogens with zero attached hydrogens (tertiary/aromatic N) is 5. The molecule has 8 heteroatoms. The van der Waals surface area contributed by atoms with Gasteiger partial charge in [-0.05, 0) is 36.2 Å². The number of fused-ring (bicyclic) bond motifs is 2. The van der Waals surface area contributed by atoms with E-state index < -0.39 is 0 Å². The Hall–Kier alpha value is -3.13. The third-order valence-corrected chi connectivity index (χ3v) is 6.45. The number of aryl methyl sites for hydroxylation is 1. The van der Waals surface area contributed by atoms with Crippen LogP contribution in [-0.2, 0) is 11.8 Å². The molecular formula is C23H24FN5O2. The van der Waals surface area contributed by atoms with Gasteiger partial charge in [0, 0.05) is 56.4 Å². The predicted octanol–water partition coefficient (Wildman–Crippen LogP) is 3.68. The van der Waals surface area contributed by atoms with Gasteiger partial charge in [-0.15, -0.1) is 0 Å². The highest BCUT2D eigenvalue weighted by Crippen LogP contribution is 2.36. The summed E-state index contributed by atoms with van der Waals surface area (Å²) in [7, 11) is 1.97. The highest BCUT2D eigenvalue weighted by molar-refractivity contribution is 5.82. The van der Waals surface area contributed by atoms with Crippen molar-refractivity contribution in [1.29, 1.82) is 0 Å². The van der Waals surface area contributed by atoms with E-state index in [1.807, 2.05) is 17.7 Å². The average Bonchev–Trinajstić information content (AvgIpc) is 3.51. The summed E-state index contributed by atoms with van der Waals surface area (Å²) in [4.78, 5) is 13.5. The molecule has 6 rings (SSSR count). The molecule has 0 bridgehead atoms. The number of ether oxygens (including phenoxy) is 1. The Morgan fingerprint density at radius 3 is 2.84 bits per heavy atom. The van der Waals surface area contributed by atoms with Crippen LogP contribution in [0.15, 0.2) is 41.1 Å². The highest BCUT2D eigenvalue weighted by atomic mass is 19.1. The Bertz CT molecular complexity index is 1260. The number of morpholine rings is 1. The number of rotatable bonds is 3. The normalized spacial score (nSPS) is 19.7. The number of oxazole rings is 1. The summed E-state index contributed by atoms with van der Waals surface area (Å²) in [6.07, 6.45) is 4.40. The third kappa shape index (κ3) is 3.22. The molecule has 1 atom stereocenters. The van der Waals surface area contributed by atoms with Crippen molar-refractivity contribution in [3.8, 4) is 0 Å². The van der Waals surface area contributed by atoms with Gasteiger partial charge in [-0.3, -0.25) is 0 Å². The number of anilines is 2. The minimum Gasteiger partial charge on any atom is -0.423 e. The smallest absolute Gasteiger partial charge is 0.298 e. The number of pyridine rings is 1. The van der Waals surface area contributed by atoms with Crippen LogP contribution >= 0.6 is 0 Å². The quantitative estimate of drug-likeness (QED) is 0.503. The lowest BCUT2D eigenvalue weighted by atomic mass is 9.99. The molecule has 2 aliphatic heterocycles. The van der Waals surface area contributed by atoms with Gasteiger partial charge in [-0.1, -0.05) is 0 Å². The molecule has 31 heavy (non-hydrogen) atoms. The van der Waals surface area contributed by atoms with E-state index >= 15 is 0 Å². The molecular weight excluding hydrogens is 397 g/mol. The van der Waals surface area contributed by atoms with Crippen LogP contribution in [0.3, 0.4) is 0 Å². The van der Waals surface area contributed by atoms with E-state index in [2.05, 4.69) is 33.1 Å². The van der Waals surface area contributed by atoms with E-state index in [9.17, 15) is 4.39 Å². The SMILES string of the molecule is Cn1cc(C2CCN(c3ccc4oc(N5CCOCC5)nc4c3)C2)c2cc(F)cnc21. The van der Waals surface area contributed by atoms with Crippen molar-refractivity contribution < 1.29 is 13.5 Å². The molecule has 2 fully saturated rings. The van der Waals surface area contributed by atoms with Crippen LogP contribution in [0.2, 0.25) is 0 Å². The van der Waals surface area contributed by atoms with Crippen LogP contribution in [0, 0.1) is 5.82 Å². The average molecular weight is 421 g/mol. The van der Waals surface area contributed by atoms with Crippen LogP contribution in [0.4, 0.5) is 16.1 Å². The molecule has 0 spiro atoms. The van der Waals surface area contributed by atoms with E-state index in [1.165, 1.54) is 11.8 Å². The zero-order valence-electron chi connectivity index (χ0n) is 17.4. The van der Waals surface area contributed by atoms with Gasteiger partial charge in [0.15, 0.2) is 5.58 Å². The number of benzene rings is 1. The molecule has 7 nitrogen and oxygen atoms in total. The summed E-state index contributed by atoms with van der Waals surface area (Å²) < 4.78 is 27.2. The first-order chi connectivity index (χ1) is 15.2. The van der Waals surface area contributed by atoms with Crippen molar-refractivity contribution in [1.82, 2.24) is 14.5 Å². The van der Waals surface area contributed by atoms with Crippen LogP contribution in [0.1, 0.15) is 17.9 Å². The minimum absolute atomic E-state index is 0.289. The van der Waals surface area contributed by atoms with Gasteiger partial charge in [-0.2, -0.15) is 4.98 Å². The van der Waals surface area contributed by atoms with Gasteiger partial charge in [0.05, 0.1) is 19.4 Å². The zero-order chi connectivity index (χ0) is 20.9. The molecule has 3 aromatic heterocycles. The van der Waals surface area contributed by atoms with Crippen molar-refractivity contribution in [2.24, 2.45) is 7.05 Å². The second-order valence-electron chi connectivity index (χ2n) is 8.40. The maximum absolute atomic E-state index is 13.8. The Labute approximate surface area is 179 Å². The van der Waals surface area contributed by atoms with Gasteiger partial charge >= 0.3 is 0 Å². The third-order valence-electron chi connectivity index (χ3n) is 6.45.